The second-order valence-corrected chi connectivity index (χ2v) is 7.93. The molecule has 0 aliphatic heterocycles. The van der Waals surface area contributed by atoms with Crippen molar-refractivity contribution in [3.8, 4) is 5.69 Å². The molecule has 1 N–H and O–H groups in total. The number of nitrogens with zero attached hydrogens (tertiary/aromatic N) is 2. The third-order valence-corrected chi connectivity index (χ3v) is 5.67. The molecule has 1 aromatic carbocycles. The highest BCUT2D eigenvalue weighted by atomic mass is 32.2. The molecule has 2 aromatic heterocycles. The fraction of sp³-hybridized carbons (Fsp3) is 0.188. The standard InChI is InChI=1S/C16H15N3OS3/c1-10-8-13(11(2)17-10)14(20)9-22-15-18-19(16(21)23-15)12-6-4-3-5-7-12/h3-8,17H,9H2,1-2H3. The first-order valence-corrected chi connectivity index (χ1v) is 9.23. The Morgan fingerprint density at radius 1 is 1.35 bits per heavy atom. The molecule has 0 bridgehead atoms. The Kier molecular flexibility index (Phi) is 4.79. The molecule has 0 saturated carbocycles. The van der Waals surface area contributed by atoms with E-state index in [1.54, 1.807) is 4.68 Å². The van der Waals surface area contributed by atoms with Gasteiger partial charge in [0.2, 0.25) is 0 Å². The first-order chi connectivity index (χ1) is 11.0. The first kappa shape index (κ1) is 16.2. The van der Waals surface area contributed by atoms with Gasteiger partial charge in [-0.1, -0.05) is 41.3 Å². The number of ketones is 1. The van der Waals surface area contributed by atoms with Gasteiger partial charge in [-0.15, -0.1) is 5.10 Å². The number of rotatable bonds is 5. The van der Waals surface area contributed by atoms with Crippen LogP contribution in [-0.2, 0) is 0 Å². The molecule has 0 atom stereocenters. The Hall–Kier alpha value is -1.70. The molecule has 0 saturated heterocycles. The SMILES string of the molecule is Cc1cc(C(=O)CSc2nn(-c3ccccc3)c(=S)s2)c(C)[nH]1. The van der Waals surface area contributed by atoms with Gasteiger partial charge in [-0.3, -0.25) is 4.79 Å². The normalized spacial score (nSPS) is 10.9. The van der Waals surface area contributed by atoms with Gasteiger partial charge in [-0.05, 0) is 44.3 Å². The molecule has 0 spiro atoms. The van der Waals surface area contributed by atoms with Crippen molar-refractivity contribution in [1.29, 1.82) is 0 Å². The lowest BCUT2D eigenvalue weighted by Crippen LogP contribution is -2.03. The van der Waals surface area contributed by atoms with Crippen LogP contribution in [0, 0.1) is 17.8 Å². The third-order valence-electron chi connectivity index (χ3n) is 3.31. The Bertz CT molecular complexity index is 893. The van der Waals surface area contributed by atoms with E-state index in [9.17, 15) is 4.79 Å². The molecule has 3 rings (SSSR count). The summed E-state index contributed by atoms with van der Waals surface area (Å²) >= 11 is 8.22. The third kappa shape index (κ3) is 3.63. The summed E-state index contributed by atoms with van der Waals surface area (Å²) < 4.78 is 3.22. The lowest BCUT2D eigenvalue weighted by atomic mass is 10.2. The minimum atomic E-state index is 0.101. The molecule has 0 fully saturated rings. The van der Waals surface area contributed by atoms with Crippen LogP contribution in [0.25, 0.3) is 5.69 Å². The van der Waals surface area contributed by atoms with Crippen LogP contribution < -0.4 is 0 Å². The molecule has 4 nitrogen and oxygen atoms in total. The van der Waals surface area contributed by atoms with Crippen LogP contribution in [0.2, 0.25) is 0 Å². The van der Waals surface area contributed by atoms with Crippen LogP contribution in [0.1, 0.15) is 21.7 Å². The molecular weight excluding hydrogens is 346 g/mol. The smallest absolute Gasteiger partial charge is 0.184 e. The fourth-order valence-electron chi connectivity index (χ4n) is 2.27. The lowest BCUT2D eigenvalue weighted by molar-refractivity contribution is 0.102. The number of hydrogen-bond acceptors (Lipinski definition) is 5. The number of carbonyl (C=O) groups excluding carboxylic acids is 1. The van der Waals surface area contributed by atoms with Crippen LogP contribution in [0.4, 0.5) is 0 Å². The minimum absolute atomic E-state index is 0.101. The maximum absolute atomic E-state index is 12.3. The topological polar surface area (TPSA) is 50.7 Å². The van der Waals surface area contributed by atoms with Crippen molar-refractivity contribution in [2.24, 2.45) is 0 Å². The average Bonchev–Trinajstić information content (AvgIpc) is 3.08. The van der Waals surface area contributed by atoms with E-state index >= 15 is 0 Å². The second-order valence-electron chi connectivity index (χ2n) is 5.08. The largest absolute Gasteiger partial charge is 0.362 e. The van der Waals surface area contributed by atoms with Gasteiger partial charge in [0, 0.05) is 17.0 Å². The molecule has 3 aromatic rings. The molecule has 0 amide bonds. The monoisotopic (exact) mass is 361 g/mol. The summed E-state index contributed by atoms with van der Waals surface area (Å²) in [5.41, 5.74) is 3.60. The van der Waals surface area contributed by atoms with Crippen molar-refractivity contribution < 1.29 is 4.79 Å². The van der Waals surface area contributed by atoms with Crippen molar-refractivity contribution in [2.45, 2.75) is 18.2 Å². The van der Waals surface area contributed by atoms with Crippen molar-refractivity contribution in [2.75, 3.05) is 5.75 Å². The quantitative estimate of drug-likeness (QED) is 0.410. The molecular formula is C16H15N3OS3. The molecule has 118 valence electrons. The summed E-state index contributed by atoms with van der Waals surface area (Å²) in [5, 5.41) is 4.51. The molecule has 2 heterocycles. The van der Waals surface area contributed by atoms with Crippen molar-refractivity contribution in [3.63, 3.8) is 0 Å². The number of nitrogens with one attached hydrogen (secondary N) is 1. The summed E-state index contributed by atoms with van der Waals surface area (Å²) in [6.07, 6.45) is 0. The number of benzene rings is 1. The lowest BCUT2D eigenvalue weighted by Gasteiger charge is -1.99. The highest BCUT2D eigenvalue weighted by Gasteiger charge is 2.14. The van der Waals surface area contributed by atoms with Crippen LogP contribution in [0.5, 0.6) is 0 Å². The number of aromatic amines is 1. The van der Waals surface area contributed by atoms with Crippen molar-refractivity contribution in [3.05, 3.63) is 57.3 Å². The second kappa shape index (κ2) is 6.82. The van der Waals surface area contributed by atoms with Crippen LogP contribution >= 0.6 is 35.3 Å². The highest BCUT2D eigenvalue weighted by Crippen LogP contribution is 2.25. The number of thioether (sulfide) groups is 1. The highest BCUT2D eigenvalue weighted by molar-refractivity contribution is 8.01. The van der Waals surface area contributed by atoms with E-state index in [4.69, 9.17) is 12.2 Å². The predicted octanol–water partition coefficient (Wildman–Crippen LogP) is 4.58. The molecule has 0 aliphatic rings. The first-order valence-electron chi connectivity index (χ1n) is 7.02. The van der Waals surface area contributed by atoms with E-state index in [0.29, 0.717) is 9.71 Å². The molecule has 0 aliphatic carbocycles. The Morgan fingerprint density at radius 3 is 2.74 bits per heavy atom. The Labute approximate surface area is 147 Å². The zero-order chi connectivity index (χ0) is 16.4. The van der Waals surface area contributed by atoms with E-state index in [2.05, 4.69) is 10.1 Å². The average molecular weight is 362 g/mol. The van der Waals surface area contributed by atoms with E-state index in [1.165, 1.54) is 23.1 Å². The number of H-pyrrole nitrogens is 1. The van der Waals surface area contributed by atoms with Crippen molar-refractivity contribution in [1.82, 2.24) is 14.8 Å². The zero-order valence-electron chi connectivity index (χ0n) is 12.7. The van der Waals surface area contributed by atoms with Crippen LogP contribution in [0.3, 0.4) is 0 Å². The maximum atomic E-state index is 12.3. The summed E-state index contributed by atoms with van der Waals surface area (Å²) in [4.78, 5) is 15.5. The van der Waals surface area contributed by atoms with Gasteiger partial charge in [0.1, 0.15) is 0 Å². The van der Waals surface area contributed by atoms with Crippen LogP contribution in [0.15, 0.2) is 40.7 Å². The molecule has 0 unspecified atom stereocenters. The van der Waals surface area contributed by atoms with Gasteiger partial charge in [-0.2, -0.15) is 0 Å². The number of aryl methyl sites for hydroxylation is 2. The number of hydrogen-bond donors (Lipinski definition) is 1. The van der Waals surface area contributed by atoms with E-state index in [-0.39, 0.29) is 5.78 Å². The maximum Gasteiger partial charge on any atom is 0.184 e. The van der Waals surface area contributed by atoms with Crippen molar-refractivity contribution >= 4 is 41.1 Å². The van der Waals surface area contributed by atoms with E-state index < -0.39 is 0 Å². The summed E-state index contributed by atoms with van der Waals surface area (Å²) in [6.45, 7) is 3.86. The zero-order valence-corrected chi connectivity index (χ0v) is 15.1. The van der Waals surface area contributed by atoms with Gasteiger partial charge >= 0.3 is 0 Å². The Morgan fingerprint density at radius 2 is 2.09 bits per heavy atom. The summed E-state index contributed by atoms with van der Waals surface area (Å²) in [6, 6.07) is 11.7. The van der Waals surface area contributed by atoms with Gasteiger partial charge in [-0.25, -0.2) is 4.68 Å². The summed E-state index contributed by atoms with van der Waals surface area (Å²) in [5.74, 6) is 0.457. The van der Waals surface area contributed by atoms with Gasteiger partial charge in [0.05, 0.1) is 11.4 Å². The minimum Gasteiger partial charge on any atom is -0.362 e. The molecule has 7 heteroatoms. The number of Topliss-reactive ketones (excluding diaryl/α,β-unsaturated/α-hetero) is 1. The van der Waals surface area contributed by atoms with Gasteiger partial charge in [0.15, 0.2) is 14.1 Å². The van der Waals surface area contributed by atoms with E-state index in [0.717, 1.165) is 27.0 Å². The number of carbonyl (C=O) groups is 1. The fourth-order valence-corrected chi connectivity index (χ4v) is 4.51. The molecule has 23 heavy (non-hydrogen) atoms. The Balaban J connectivity index is 1.73. The van der Waals surface area contributed by atoms with Gasteiger partial charge in [0.25, 0.3) is 0 Å². The number of aromatic nitrogens is 3. The van der Waals surface area contributed by atoms with E-state index in [1.807, 2.05) is 50.2 Å². The predicted molar refractivity (Wildman–Crippen MR) is 97.6 cm³/mol. The molecule has 0 radical (unpaired) electrons. The summed E-state index contributed by atoms with van der Waals surface area (Å²) in [7, 11) is 0. The van der Waals surface area contributed by atoms with Crippen LogP contribution in [-0.4, -0.2) is 26.3 Å². The number of para-hydroxylation sites is 1. The van der Waals surface area contributed by atoms with Gasteiger partial charge < -0.3 is 4.98 Å².